The Morgan fingerprint density at radius 1 is 1.27 bits per heavy atom. The Balaban J connectivity index is 2.41. The second-order valence-corrected chi connectivity index (χ2v) is 9.02. The third-order valence-electron chi connectivity index (χ3n) is 3.78. The number of halogens is 1. The molecule has 1 unspecified atom stereocenters. The number of rotatable bonds is 13. The van der Waals surface area contributed by atoms with Crippen molar-refractivity contribution in [3.8, 4) is 5.75 Å². The van der Waals surface area contributed by atoms with E-state index in [2.05, 4.69) is 33.7 Å². The minimum absolute atomic E-state index is 0.323. The number of benzene rings is 1. The first-order valence-electron chi connectivity index (χ1n) is 8.28. The minimum atomic E-state index is -4.61. The van der Waals surface area contributed by atoms with Gasteiger partial charge in [-0.3, -0.25) is 4.52 Å². The molecule has 0 radical (unpaired) electrons. The second-order valence-electron chi connectivity index (χ2n) is 6.25. The summed E-state index contributed by atoms with van der Waals surface area (Å²) in [4.78, 5) is 17.5. The minimum Gasteiger partial charge on any atom is -0.494 e. The molecule has 1 aromatic carbocycles. The number of aryl methyl sites for hydroxylation is 1. The fourth-order valence-corrected chi connectivity index (χ4v) is 2.97. The number of aliphatic hydroxyl groups excluding tert-OH is 1. The molecule has 148 valence electrons. The average molecular weight is 499 g/mol. The lowest BCUT2D eigenvalue weighted by atomic mass is 9.94. The van der Waals surface area contributed by atoms with Crippen LogP contribution in [0.4, 0.5) is 0 Å². The molecule has 0 fully saturated rings. The third-order valence-corrected chi connectivity index (χ3v) is 4.79. The summed E-state index contributed by atoms with van der Waals surface area (Å²) in [7, 11) is -4.61. The number of ether oxygens (including phenoxy) is 1. The summed E-state index contributed by atoms with van der Waals surface area (Å²) in [6, 6.07) is 7.55. The number of nitrogens with two attached hydrogens (primary N) is 1. The summed E-state index contributed by atoms with van der Waals surface area (Å²) < 4.78 is 22.0. The summed E-state index contributed by atoms with van der Waals surface area (Å²) in [5.74, 6) is 0.785. The van der Waals surface area contributed by atoms with E-state index in [9.17, 15) is 9.67 Å². The fraction of sp³-hybridized carbons (Fsp3) is 0.529. The predicted molar refractivity (Wildman–Crippen MR) is 109 cm³/mol. The van der Waals surface area contributed by atoms with E-state index in [0.717, 1.165) is 34.2 Å². The highest BCUT2D eigenvalue weighted by Gasteiger charge is 2.28. The van der Waals surface area contributed by atoms with Gasteiger partial charge in [-0.15, -0.1) is 0 Å². The van der Waals surface area contributed by atoms with Gasteiger partial charge in [-0.2, -0.15) is 0 Å². The quantitative estimate of drug-likeness (QED) is 0.187. The smallest absolute Gasteiger partial charge is 0.469 e. The topological polar surface area (TPSA) is 122 Å². The maximum Gasteiger partial charge on any atom is 0.469 e. The maximum absolute atomic E-state index is 10.8. The monoisotopic (exact) mass is 499 g/mol. The zero-order valence-electron chi connectivity index (χ0n) is 14.6. The molecule has 1 atom stereocenters. The lowest BCUT2D eigenvalue weighted by Gasteiger charge is -2.27. The molecule has 0 bridgehead atoms. The van der Waals surface area contributed by atoms with Crippen LogP contribution in [-0.4, -0.2) is 40.3 Å². The highest BCUT2D eigenvalue weighted by molar-refractivity contribution is 14.1. The lowest BCUT2D eigenvalue weighted by molar-refractivity contribution is 0.102. The molecule has 0 heterocycles. The number of hydrogen-bond donors (Lipinski definition) is 4. The number of hydrogen-bond acceptors (Lipinski definition) is 5. The Kier molecular flexibility index (Phi) is 10.3. The van der Waals surface area contributed by atoms with Crippen molar-refractivity contribution >= 4 is 30.4 Å². The van der Waals surface area contributed by atoms with Crippen molar-refractivity contribution in [3.63, 3.8) is 0 Å². The van der Waals surface area contributed by atoms with Crippen molar-refractivity contribution in [2.75, 3.05) is 19.8 Å². The molecule has 5 N–H and O–H groups in total. The van der Waals surface area contributed by atoms with Crippen LogP contribution < -0.4 is 10.5 Å². The van der Waals surface area contributed by atoms with E-state index >= 15 is 0 Å². The summed E-state index contributed by atoms with van der Waals surface area (Å²) in [5.41, 5.74) is 5.72. The Morgan fingerprint density at radius 2 is 1.92 bits per heavy atom. The molecule has 26 heavy (non-hydrogen) atoms. The van der Waals surface area contributed by atoms with Crippen molar-refractivity contribution < 1.29 is 28.7 Å². The molecule has 7 nitrogen and oxygen atoms in total. The van der Waals surface area contributed by atoms with Gasteiger partial charge in [-0.1, -0.05) is 18.7 Å². The molecule has 0 aromatic heterocycles. The molecule has 0 saturated heterocycles. The normalized spacial score (nSPS) is 14.0. The Bertz CT molecular complexity index is 606. The Labute approximate surface area is 168 Å². The first-order chi connectivity index (χ1) is 12.1. The van der Waals surface area contributed by atoms with Gasteiger partial charge in [0.2, 0.25) is 0 Å². The zero-order valence-corrected chi connectivity index (χ0v) is 17.7. The summed E-state index contributed by atoms with van der Waals surface area (Å²) in [6.45, 7) is 3.66. The lowest BCUT2D eigenvalue weighted by Crippen LogP contribution is -2.48. The molecule has 0 aliphatic heterocycles. The van der Waals surface area contributed by atoms with Crippen LogP contribution in [-0.2, 0) is 15.5 Å². The van der Waals surface area contributed by atoms with Crippen molar-refractivity contribution in [2.45, 2.75) is 37.6 Å². The van der Waals surface area contributed by atoms with E-state index in [-0.39, 0.29) is 0 Å². The van der Waals surface area contributed by atoms with E-state index in [1.807, 2.05) is 24.3 Å². The van der Waals surface area contributed by atoms with Crippen LogP contribution in [0.2, 0.25) is 0 Å². The van der Waals surface area contributed by atoms with Gasteiger partial charge in [-0.25, -0.2) is 4.57 Å². The first kappa shape index (κ1) is 23.6. The number of phosphoric acid groups is 1. The van der Waals surface area contributed by atoms with Gasteiger partial charge in [0, 0.05) is 0 Å². The molecular weight excluding hydrogens is 472 g/mol. The molecular formula is C17H27INO6P. The van der Waals surface area contributed by atoms with Crippen molar-refractivity contribution in [2.24, 2.45) is 5.73 Å². The van der Waals surface area contributed by atoms with Crippen molar-refractivity contribution in [1.29, 1.82) is 0 Å². The third kappa shape index (κ3) is 10.6. The van der Waals surface area contributed by atoms with Crippen LogP contribution in [0.3, 0.4) is 0 Å². The van der Waals surface area contributed by atoms with Crippen LogP contribution in [0.1, 0.15) is 31.2 Å². The molecule has 0 amide bonds. The number of aliphatic hydroxyl groups is 1. The maximum atomic E-state index is 10.8. The van der Waals surface area contributed by atoms with Crippen molar-refractivity contribution in [1.82, 2.24) is 0 Å². The van der Waals surface area contributed by atoms with E-state index in [1.54, 1.807) is 0 Å². The Morgan fingerprint density at radius 3 is 2.46 bits per heavy atom. The largest absolute Gasteiger partial charge is 0.494 e. The highest BCUT2D eigenvalue weighted by atomic mass is 127. The number of phosphoric ester groups is 1. The SMILES string of the molecule is C=C(I)CCCCOc1ccc(CCC(N)(CO)COP(=O)(O)O)cc1. The summed E-state index contributed by atoms with van der Waals surface area (Å²) >= 11 is 2.23. The van der Waals surface area contributed by atoms with Crippen LogP contribution in [0, 0.1) is 0 Å². The summed E-state index contributed by atoms with van der Waals surface area (Å²) in [5, 5.41) is 9.40. The van der Waals surface area contributed by atoms with E-state index in [1.165, 1.54) is 0 Å². The van der Waals surface area contributed by atoms with Gasteiger partial charge in [0.05, 0.1) is 25.4 Å². The fourth-order valence-electron chi connectivity index (χ4n) is 2.16. The standard InChI is InChI=1S/C17H27INO6P/c1-14(18)4-2-3-11-24-16-7-5-15(6-8-16)9-10-17(19,12-20)13-25-26(21,22)23/h5-8,20H,1-4,9-13,19H2,(H2,21,22,23). The number of unbranched alkanes of at least 4 members (excludes halogenated alkanes) is 1. The second kappa shape index (κ2) is 11.4. The van der Waals surface area contributed by atoms with E-state index in [0.29, 0.717) is 19.4 Å². The molecule has 0 aliphatic rings. The predicted octanol–water partition coefficient (Wildman–Crippen LogP) is 2.92. The van der Waals surface area contributed by atoms with Gasteiger partial charge in [0.1, 0.15) is 5.75 Å². The van der Waals surface area contributed by atoms with E-state index in [4.69, 9.17) is 20.3 Å². The summed E-state index contributed by atoms with van der Waals surface area (Å²) in [6.07, 6.45) is 3.88. The van der Waals surface area contributed by atoms with Gasteiger partial charge in [-0.05, 0) is 76.0 Å². The van der Waals surface area contributed by atoms with Crippen molar-refractivity contribution in [3.05, 3.63) is 40.0 Å². The van der Waals surface area contributed by atoms with Gasteiger partial charge < -0.3 is 25.4 Å². The average Bonchev–Trinajstić information content (AvgIpc) is 2.58. The van der Waals surface area contributed by atoms with Crippen LogP contribution in [0.5, 0.6) is 5.75 Å². The highest BCUT2D eigenvalue weighted by Crippen LogP contribution is 2.36. The number of allylic oxidation sites excluding steroid dienone is 1. The first-order valence-corrected chi connectivity index (χ1v) is 10.9. The molecule has 9 heteroatoms. The van der Waals surface area contributed by atoms with Gasteiger partial charge in [0.15, 0.2) is 0 Å². The molecule has 0 spiro atoms. The zero-order chi connectivity index (χ0) is 19.6. The molecule has 0 saturated carbocycles. The van der Waals surface area contributed by atoms with Crippen LogP contribution in [0.15, 0.2) is 34.4 Å². The van der Waals surface area contributed by atoms with Gasteiger partial charge >= 0.3 is 7.82 Å². The molecule has 1 aromatic rings. The molecule has 0 aliphatic carbocycles. The van der Waals surface area contributed by atoms with Crippen LogP contribution in [0.25, 0.3) is 0 Å². The van der Waals surface area contributed by atoms with E-state index < -0.39 is 26.6 Å². The Hall–Kier alpha value is -0.480. The van der Waals surface area contributed by atoms with Gasteiger partial charge in [0.25, 0.3) is 0 Å². The van der Waals surface area contributed by atoms with Crippen LogP contribution >= 0.6 is 30.4 Å². The molecule has 1 rings (SSSR count).